The van der Waals surface area contributed by atoms with Crippen molar-refractivity contribution in [2.45, 2.75) is 31.7 Å². The van der Waals surface area contributed by atoms with Crippen LogP contribution in [-0.4, -0.2) is 13.4 Å². The molecular formula is C17H16ClFN2O2S3. The fourth-order valence-electron chi connectivity index (χ4n) is 2.35. The number of aromatic nitrogens is 1. The minimum Gasteiger partial charge on any atom is -0.240 e. The highest BCUT2D eigenvalue weighted by Crippen LogP contribution is 2.34. The first-order valence-electron chi connectivity index (χ1n) is 7.79. The molecule has 0 aliphatic rings. The van der Waals surface area contributed by atoms with Gasteiger partial charge in [-0.3, -0.25) is 0 Å². The van der Waals surface area contributed by atoms with E-state index in [0.29, 0.717) is 10.4 Å². The van der Waals surface area contributed by atoms with Crippen LogP contribution in [0.3, 0.4) is 0 Å². The number of nitrogens with zero attached hydrogens (tertiary/aromatic N) is 1. The molecule has 0 amide bonds. The van der Waals surface area contributed by atoms with Gasteiger partial charge in [0.2, 0.25) is 10.0 Å². The highest BCUT2D eigenvalue weighted by molar-refractivity contribution is 7.89. The fourth-order valence-corrected chi connectivity index (χ4v) is 5.94. The molecule has 3 rings (SSSR count). The van der Waals surface area contributed by atoms with E-state index in [0.717, 1.165) is 22.0 Å². The van der Waals surface area contributed by atoms with Crippen LogP contribution >= 0.6 is 34.3 Å². The second kappa shape index (κ2) is 7.74. The molecule has 2 aromatic heterocycles. The predicted molar refractivity (Wildman–Crippen MR) is 105 cm³/mol. The number of aryl methyl sites for hydroxylation is 2. The summed E-state index contributed by atoms with van der Waals surface area (Å²) in [6, 6.07) is 5.77. The number of nitrogens with one attached hydrogen (secondary N) is 1. The average molecular weight is 431 g/mol. The summed E-state index contributed by atoms with van der Waals surface area (Å²) in [4.78, 5) is 6.26. The number of halogens is 2. The highest BCUT2D eigenvalue weighted by atomic mass is 35.5. The Hall–Kier alpha value is -1.32. The van der Waals surface area contributed by atoms with Crippen molar-refractivity contribution in [2.75, 3.05) is 0 Å². The lowest BCUT2D eigenvalue weighted by molar-refractivity contribution is 0.581. The van der Waals surface area contributed by atoms with Crippen molar-refractivity contribution >= 4 is 44.3 Å². The molecule has 26 heavy (non-hydrogen) atoms. The minimum absolute atomic E-state index is 0.0314. The van der Waals surface area contributed by atoms with E-state index in [1.807, 2.05) is 12.3 Å². The fraction of sp³-hybridized carbons (Fsp3) is 0.235. The third kappa shape index (κ3) is 4.15. The standard InChI is InChI=1S/C17H16ClFN2O2S3/c1-3-17-21-14(9-24-17)15-7-16(10(2)25-15)26(22,23)20-8-11-4-5-13(19)12(18)6-11/h4-7,9,20H,3,8H2,1-2H3. The third-order valence-corrected chi connectivity index (χ3v) is 7.73. The Labute approximate surface area is 164 Å². The summed E-state index contributed by atoms with van der Waals surface area (Å²) in [5.74, 6) is -0.536. The van der Waals surface area contributed by atoms with Crippen LogP contribution in [0.15, 0.2) is 34.5 Å². The van der Waals surface area contributed by atoms with Gasteiger partial charge >= 0.3 is 0 Å². The van der Waals surface area contributed by atoms with Crippen LogP contribution in [0.2, 0.25) is 5.02 Å². The number of thiazole rings is 1. The number of hydrogen-bond acceptors (Lipinski definition) is 5. The Bertz CT molecular complexity index is 1040. The molecule has 9 heteroatoms. The summed E-state index contributed by atoms with van der Waals surface area (Å²) in [7, 11) is -3.70. The zero-order valence-corrected chi connectivity index (χ0v) is 17.3. The van der Waals surface area contributed by atoms with Crippen LogP contribution in [0, 0.1) is 12.7 Å². The molecule has 0 saturated carbocycles. The maximum absolute atomic E-state index is 13.2. The Morgan fingerprint density at radius 2 is 2.08 bits per heavy atom. The van der Waals surface area contributed by atoms with E-state index in [9.17, 15) is 12.8 Å². The lowest BCUT2D eigenvalue weighted by Crippen LogP contribution is -2.23. The van der Waals surface area contributed by atoms with Crippen LogP contribution in [0.5, 0.6) is 0 Å². The lowest BCUT2D eigenvalue weighted by atomic mass is 10.2. The van der Waals surface area contributed by atoms with Crippen LogP contribution in [0.4, 0.5) is 4.39 Å². The van der Waals surface area contributed by atoms with E-state index in [-0.39, 0.29) is 16.5 Å². The highest BCUT2D eigenvalue weighted by Gasteiger charge is 2.21. The molecule has 0 bridgehead atoms. The van der Waals surface area contributed by atoms with Gasteiger partial charge in [0, 0.05) is 16.8 Å². The summed E-state index contributed by atoms with van der Waals surface area (Å²) in [6.45, 7) is 3.83. The molecule has 0 unspecified atom stereocenters. The van der Waals surface area contributed by atoms with E-state index < -0.39 is 15.8 Å². The first kappa shape index (κ1) is 19.4. The normalized spacial score (nSPS) is 11.8. The van der Waals surface area contributed by atoms with Crippen LogP contribution in [0.1, 0.15) is 22.4 Å². The number of thiophene rings is 1. The summed E-state index contributed by atoms with van der Waals surface area (Å²) in [5.41, 5.74) is 1.38. The topological polar surface area (TPSA) is 59.1 Å². The molecule has 3 aromatic rings. The number of benzene rings is 1. The van der Waals surface area contributed by atoms with Gasteiger partial charge in [0.1, 0.15) is 5.82 Å². The molecule has 4 nitrogen and oxygen atoms in total. The number of sulfonamides is 1. The molecule has 0 atom stereocenters. The number of rotatable bonds is 6. The quantitative estimate of drug-likeness (QED) is 0.597. The zero-order chi connectivity index (χ0) is 18.9. The van der Waals surface area contributed by atoms with Gasteiger partial charge < -0.3 is 0 Å². The molecular weight excluding hydrogens is 415 g/mol. The Balaban J connectivity index is 1.81. The maximum Gasteiger partial charge on any atom is 0.241 e. The van der Waals surface area contributed by atoms with Gasteiger partial charge in [-0.15, -0.1) is 22.7 Å². The summed E-state index contributed by atoms with van der Waals surface area (Å²) >= 11 is 8.70. The van der Waals surface area contributed by atoms with Crippen molar-refractivity contribution in [1.29, 1.82) is 0 Å². The summed E-state index contributed by atoms with van der Waals surface area (Å²) in [6.07, 6.45) is 0.849. The predicted octanol–water partition coefficient (Wildman–Crippen LogP) is 5.01. The molecule has 138 valence electrons. The van der Waals surface area contributed by atoms with Crippen molar-refractivity contribution in [2.24, 2.45) is 0 Å². The molecule has 1 aromatic carbocycles. The average Bonchev–Trinajstić information content (AvgIpc) is 3.22. The van der Waals surface area contributed by atoms with Crippen LogP contribution in [-0.2, 0) is 23.0 Å². The van der Waals surface area contributed by atoms with Crippen LogP contribution < -0.4 is 4.72 Å². The molecule has 0 aliphatic carbocycles. The molecule has 2 heterocycles. The summed E-state index contributed by atoms with van der Waals surface area (Å²) in [5, 5.41) is 2.92. The van der Waals surface area contributed by atoms with Crippen LogP contribution in [0.25, 0.3) is 10.6 Å². The van der Waals surface area contributed by atoms with Gasteiger partial charge in [0.05, 0.1) is 25.5 Å². The second-order valence-electron chi connectivity index (χ2n) is 5.58. The Kier molecular flexibility index (Phi) is 5.78. The van der Waals surface area contributed by atoms with Gasteiger partial charge in [0.25, 0.3) is 0 Å². The van der Waals surface area contributed by atoms with Crippen molar-refractivity contribution in [3.8, 4) is 10.6 Å². The van der Waals surface area contributed by atoms with Crippen molar-refractivity contribution in [1.82, 2.24) is 9.71 Å². The van der Waals surface area contributed by atoms with E-state index >= 15 is 0 Å². The second-order valence-corrected chi connectivity index (χ2v) is 9.93. The minimum atomic E-state index is -3.70. The van der Waals surface area contributed by atoms with E-state index in [1.54, 1.807) is 24.3 Å². The molecule has 0 saturated heterocycles. The Morgan fingerprint density at radius 3 is 2.73 bits per heavy atom. The summed E-state index contributed by atoms with van der Waals surface area (Å²) < 4.78 is 41.1. The van der Waals surface area contributed by atoms with Gasteiger partial charge in [-0.2, -0.15) is 0 Å². The van der Waals surface area contributed by atoms with E-state index in [4.69, 9.17) is 11.6 Å². The van der Waals surface area contributed by atoms with Gasteiger partial charge in [-0.1, -0.05) is 24.6 Å². The van der Waals surface area contributed by atoms with Gasteiger partial charge in [0.15, 0.2) is 0 Å². The molecule has 1 N–H and O–H groups in total. The monoisotopic (exact) mass is 430 g/mol. The first-order chi connectivity index (χ1) is 12.3. The molecule has 0 spiro atoms. The largest absolute Gasteiger partial charge is 0.241 e. The van der Waals surface area contributed by atoms with Crippen molar-refractivity contribution in [3.63, 3.8) is 0 Å². The smallest absolute Gasteiger partial charge is 0.240 e. The van der Waals surface area contributed by atoms with Gasteiger partial charge in [-0.25, -0.2) is 22.5 Å². The SMILES string of the molecule is CCc1nc(-c2cc(S(=O)(=O)NCc3ccc(F)c(Cl)c3)c(C)s2)cs1. The maximum atomic E-state index is 13.2. The molecule has 0 radical (unpaired) electrons. The van der Waals surface area contributed by atoms with Crippen molar-refractivity contribution in [3.05, 3.63) is 55.9 Å². The number of hydrogen-bond donors (Lipinski definition) is 1. The Morgan fingerprint density at radius 1 is 1.31 bits per heavy atom. The van der Waals surface area contributed by atoms with E-state index in [1.165, 1.54) is 29.5 Å². The lowest BCUT2D eigenvalue weighted by Gasteiger charge is -2.07. The molecule has 0 fully saturated rings. The first-order valence-corrected chi connectivity index (χ1v) is 11.3. The van der Waals surface area contributed by atoms with E-state index in [2.05, 4.69) is 9.71 Å². The zero-order valence-electron chi connectivity index (χ0n) is 14.0. The van der Waals surface area contributed by atoms with Gasteiger partial charge in [-0.05, 0) is 37.1 Å². The molecule has 0 aliphatic heterocycles. The van der Waals surface area contributed by atoms with Crippen molar-refractivity contribution < 1.29 is 12.8 Å². The third-order valence-electron chi connectivity index (χ3n) is 3.72.